The molecule has 17 heavy (non-hydrogen) atoms. The summed E-state index contributed by atoms with van der Waals surface area (Å²) in [6.45, 7) is 8.28. The molecular formula is C11H18N4O2. The van der Waals surface area contributed by atoms with Gasteiger partial charge in [0, 0.05) is 25.6 Å². The number of esters is 1. The molecule has 0 unspecified atom stereocenters. The molecule has 0 aromatic carbocycles. The Morgan fingerprint density at radius 3 is 2.82 bits per heavy atom. The van der Waals surface area contributed by atoms with Crippen LogP contribution in [0.25, 0.3) is 0 Å². The molecule has 2 rings (SSSR count). The first kappa shape index (κ1) is 12.0. The zero-order valence-corrected chi connectivity index (χ0v) is 10.4. The van der Waals surface area contributed by atoms with E-state index in [1.54, 1.807) is 10.9 Å². The van der Waals surface area contributed by atoms with Gasteiger partial charge in [0.1, 0.15) is 5.60 Å². The fourth-order valence-electron chi connectivity index (χ4n) is 1.55. The number of aromatic nitrogens is 3. The highest BCUT2D eigenvalue weighted by Crippen LogP contribution is 2.11. The number of hydrogen-bond donors (Lipinski definition) is 1. The highest BCUT2D eigenvalue weighted by molar-refractivity contribution is 5.86. The van der Waals surface area contributed by atoms with Crippen molar-refractivity contribution in [2.24, 2.45) is 5.92 Å². The molecule has 1 saturated heterocycles. The number of carbonyl (C=O) groups is 1. The largest absolute Gasteiger partial charge is 0.455 e. The van der Waals surface area contributed by atoms with Gasteiger partial charge in [0.05, 0.1) is 6.20 Å². The summed E-state index contributed by atoms with van der Waals surface area (Å²) < 4.78 is 6.91. The molecule has 1 N–H and O–H groups in total. The van der Waals surface area contributed by atoms with Gasteiger partial charge in [-0.3, -0.25) is 4.68 Å². The Kier molecular flexibility index (Phi) is 3.15. The molecule has 0 radical (unpaired) electrons. The minimum absolute atomic E-state index is 0.271. The second kappa shape index (κ2) is 4.44. The fourth-order valence-corrected chi connectivity index (χ4v) is 1.55. The summed E-state index contributed by atoms with van der Waals surface area (Å²) in [6, 6.07) is 0. The van der Waals surface area contributed by atoms with Crippen molar-refractivity contribution in [3.05, 3.63) is 11.9 Å². The van der Waals surface area contributed by atoms with Crippen LogP contribution in [-0.4, -0.2) is 39.7 Å². The smallest absolute Gasteiger partial charge is 0.361 e. The van der Waals surface area contributed by atoms with Crippen LogP contribution in [0.15, 0.2) is 6.20 Å². The van der Waals surface area contributed by atoms with Crippen molar-refractivity contribution in [3.8, 4) is 0 Å². The molecule has 94 valence electrons. The van der Waals surface area contributed by atoms with E-state index in [1.165, 1.54) is 0 Å². The lowest BCUT2D eigenvalue weighted by atomic mass is 10.0. The highest BCUT2D eigenvalue weighted by atomic mass is 16.6. The first-order valence-electron chi connectivity index (χ1n) is 5.78. The average Bonchev–Trinajstić information content (AvgIpc) is 2.56. The van der Waals surface area contributed by atoms with Gasteiger partial charge in [0.2, 0.25) is 0 Å². The van der Waals surface area contributed by atoms with E-state index in [-0.39, 0.29) is 5.69 Å². The van der Waals surface area contributed by atoms with E-state index >= 15 is 0 Å². The molecule has 0 saturated carbocycles. The molecule has 0 atom stereocenters. The summed E-state index contributed by atoms with van der Waals surface area (Å²) >= 11 is 0. The molecule has 0 amide bonds. The summed E-state index contributed by atoms with van der Waals surface area (Å²) in [5.74, 6) is 0.165. The van der Waals surface area contributed by atoms with Gasteiger partial charge in [-0.25, -0.2) is 4.79 Å². The van der Waals surface area contributed by atoms with Crippen LogP contribution < -0.4 is 5.32 Å². The van der Waals surface area contributed by atoms with E-state index in [0.29, 0.717) is 5.92 Å². The average molecular weight is 238 g/mol. The Balaban J connectivity index is 1.94. The lowest BCUT2D eigenvalue weighted by molar-refractivity contribution is 0.00627. The second-order valence-corrected chi connectivity index (χ2v) is 5.35. The Morgan fingerprint density at radius 1 is 1.59 bits per heavy atom. The van der Waals surface area contributed by atoms with E-state index in [4.69, 9.17) is 4.74 Å². The number of rotatable bonds is 3. The van der Waals surface area contributed by atoms with Crippen molar-refractivity contribution in [2.75, 3.05) is 13.1 Å². The van der Waals surface area contributed by atoms with Crippen molar-refractivity contribution < 1.29 is 9.53 Å². The number of ether oxygens (including phenoxy) is 1. The van der Waals surface area contributed by atoms with Crippen LogP contribution in [0.3, 0.4) is 0 Å². The number of nitrogens with one attached hydrogen (secondary N) is 1. The third kappa shape index (κ3) is 3.26. The van der Waals surface area contributed by atoms with E-state index in [9.17, 15) is 4.79 Å². The number of hydrogen-bond acceptors (Lipinski definition) is 5. The molecule has 6 nitrogen and oxygen atoms in total. The molecule has 1 aromatic rings. The van der Waals surface area contributed by atoms with Crippen molar-refractivity contribution in [1.29, 1.82) is 0 Å². The van der Waals surface area contributed by atoms with E-state index in [2.05, 4.69) is 15.6 Å². The van der Waals surface area contributed by atoms with Crippen LogP contribution in [0.5, 0.6) is 0 Å². The third-order valence-corrected chi connectivity index (χ3v) is 2.46. The van der Waals surface area contributed by atoms with Crippen LogP contribution in [0, 0.1) is 5.92 Å². The lowest BCUT2D eigenvalue weighted by Gasteiger charge is -2.26. The van der Waals surface area contributed by atoms with Crippen LogP contribution in [0.1, 0.15) is 31.3 Å². The topological polar surface area (TPSA) is 69.0 Å². The molecule has 2 heterocycles. The van der Waals surface area contributed by atoms with Gasteiger partial charge >= 0.3 is 5.97 Å². The summed E-state index contributed by atoms with van der Waals surface area (Å²) in [5, 5.41) is 10.9. The van der Waals surface area contributed by atoms with Gasteiger partial charge < -0.3 is 10.1 Å². The molecule has 1 aromatic heterocycles. The standard InChI is InChI=1S/C11H18N4O2/c1-11(2,3)17-10(16)9-7-15(14-13-9)6-8-4-12-5-8/h7-8,12H,4-6H2,1-3H3. The SMILES string of the molecule is CC(C)(C)OC(=O)c1cn(CC2CNC2)nn1. The molecule has 1 fully saturated rings. The zero-order chi connectivity index (χ0) is 12.5. The van der Waals surface area contributed by atoms with Crippen LogP contribution in [0.4, 0.5) is 0 Å². The fraction of sp³-hybridized carbons (Fsp3) is 0.727. The summed E-state index contributed by atoms with van der Waals surface area (Å²) in [6.07, 6.45) is 1.65. The first-order valence-corrected chi connectivity index (χ1v) is 5.78. The molecule has 6 heteroatoms. The molecular weight excluding hydrogens is 220 g/mol. The monoisotopic (exact) mass is 238 g/mol. The normalized spacial score (nSPS) is 16.6. The zero-order valence-electron chi connectivity index (χ0n) is 10.4. The minimum atomic E-state index is -0.501. The van der Waals surface area contributed by atoms with Crippen LogP contribution in [0.2, 0.25) is 0 Å². The number of nitrogens with zero attached hydrogens (tertiary/aromatic N) is 3. The van der Waals surface area contributed by atoms with Gasteiger partial charge in [-0.15, -0.1) is 5.10 Å². The van der Waals surface area contributed by atoms with Gasteiger partial charge in [-0.1, -0.05) is 5.21 Å². The van der Waals surface area contributed by atoms with Crippen LogP contribution >= 0.6 is 0 Å². The van der Waals surface area contributed by atoms with Crippen molar-refractivity contribution in [1.82, 2.24) is 20.3 Å². The Bertz CT molecular complexity index is 404. The third-order valence-electron chi connectivity index (χ3n) is 2.46. The van der Waals surface area contributed by atoms with E-state index < -0.39 is 11.6 Å². The summed E-state index contributed by atoms with van der Waals surface area (Å²) in [4.78, 5) is 11.7. The van der Waals surface area contributed by atoms with Crippen molar-refractivity contribution in [2.45, 2.75) is 32.9 Å². The predicted molar refractivity (Wildman–Crippen MR) is 61.6 cm³/mol. The quantitative estimate of drug-likeness (QED) is 0.774. The van der Waals surface area contributed by atoms with Crippen LogP contribution in [-0.2, 0) is 11.3 Å². The highest BCUT2D eigenvalue weighted by Gasteiger charge is 2.22. The van der Waals surface area contributed by atoms with Gasteiger partial charge in [-0.2, -0.15) is 0 Å². The molecule has 1 aliphatic rings. The van der Waals surface area contributed by atoms with Gasteiger partial charge in [-0.05, 0) is 20.8 Å². The second-order valence-electron chi connectivity index (χ2n) is 5.35. The van der Waals surface area contributed by atoms with E-state index in [0.717, 1.165) is 19.6 Å². The Labute approximate surface area is 100 Å². The maximum Gasteiger partial charge on any atom is 0.361 e. The Hall–Kier alpha value is -1.43. The van der Waals surface area contributed by atoms with E-state index in [1.807, 2.05) is 20.8 Å². The van der Waals surface area contributed by atoms with Crippen molar-refractivity contribution >= 4 is 5.97 Å². The molecule has 0 bridgehead atoms. The predicted octanol–water partition coefficient (Wildman–Crippen LogP) is 0.453. The van der Waals surface area contributed by atoms with Gasteiger partial charge in [0.25, 0.3) is 0 Å². The molecule has 0 spiro atoms. The van der Waals surface area contributed by atoms with Crippen molar-refractivity contribution in [3.63, 3.8) is 0 Å². The first-order chi connectivity index (χ1) is 7.94. The summed E-state index contributed by atoms with van der Waals surface area (Å²) in [7, 11) is 0. The Morgan fingerprint density at radius 2 is 2.29 bits per heavy atom. The minimum Gasteiger partial charge on any atom is -0.455 e. The molecule has 1 aliphatic heterocycles. The maximum atomic E-state index is 11.7. The maximum absolute atomic E-state index is 11.7. The lowest BCUT2D eigenvalue weighted by Crippen LogP contribution is -2.44. The van der Waals surface area contributed by atoms with Gasteiger partial charge in [0.15, 0.2) is 5.69 Å². The summed E-state index contributed by atoms with van der Waals surface area (Å²) in [5.41, 5.74) is -0.231. The molecule has 0 aliphatic carbocycles. The number of carbonyl (C=O) groups excluding carboxylic acids is 1.